The van der Waals surface area contributed by atoms with Gasteiger partial charge in [-0.15, -0.1) is 0 Å². The number of rotatable bonds is 12. The third-order valence-corrected chi connectivity index (χ3v) is 6.57. The number of carbonyl (C=O) groups is 7. The molecule has 0 N–H and O–H groups in total. The molecule has 9 atom stereocenters. The molecule has 0 radical (unpaired) electrons. The maximum Gasteiger partial charge on any atom is 0.303 e. The summed E-state index contributed by atoms with van der Waals surface area (Å²) in [6.07, 6.45) is -12.1. The molecule has 2 fully saturated rings. The van der Waals surface area contributed by atoms with Crippen molar-refractivity contribution in [3.63, 3.8) is 0 Å². The van der Waals surface area contributed by atoms with Crippen molar-refractivity contribution in [1.29, 1.82) is 0 Å². The first-order valence-corrected chi connectivity index (χ1v) is 14.3. The maximum absolute atomic E-state index is 12.2. The zero-order valence-corrected chi connectivity index (χ0v) is 26.6. The minimum absolute atomic E-state index is 0.00747. The van der Waals surface area contributed by atoms with Gasteiger partial charge in [0, 0.05) is 53.8 Å². The van der Waals surface area contributed by atoms with Crippen molar-refractivity contribution in [3.05, 3.63) is 0 Å². The fourth-order valence-electron chi connectivity index (χ4n) is 4.55. The fourth-order valence-corrected chi connectivity index (χ4v) is 5.05. The van der Waals surface area contributed by atoms with Gasteiger partial charge in [0.1, 0.15) is 25.4 Å². The zero-order valence-electron chi connectivity index (χ0n) is 25.1. The van der Waals surface area contributed by atoms with Gasteiger partial charge in [-0.3, -0.25) is 33.6 Å². The number of hydrogen-bond donors (Lipinski definition) is 0. The van der Waals surface area contributed by atoms with E-state index in [9.17, 15) is 33.6 Å². The smallest absolute Gasteiger partial charge is 0.303 e. The Morgan fingerprint density at radius 2 is 1.07 bits per heavy atom. The minimum atomic E-state index is -2.31. The van der Waals surface area contributed by atoms with E-state index in [1.165, 1.54) is 0 Å². The van der Waals surface area contributed by atoms with E-state index in [4.69, 9.17) is 47.4 Å². The second-order valence-electron chi connectivity index (χ2n) is 9.69. The summed E-state index contributed by atoms with van der Waals surface area (Å²) in [6.45, 7) is 6.08. The van der Waals surface area contributed by atoms with Crippen LogP contribution in [0.15, 0.2) is 0 Å². The van der Waals surface area contributed by atoms with Crippen molar-refractivity contribution in [3.8, 4) is 0 Å². The minimum Gasteiger partial charge on any atom is -0.463 e. The van der Waals surface area contributed by atoms with Crippen molar-refractivity contribution in [2.24, 2.45) is 0 Å². The fraction of sp³-hybridized carbons (Fsp3) is 0.731. The Balaban J connectivity index is 2.74. The van der Waals surface area contributed by atoms with Crippen molar-refractivity contribution < 1.29 is 80.9 Å². The Labute approximate surface area is 260 Å². The van der Waals surface area contributed by atoms with E-state index < -0.39 is 110 Å². The summed E-state index contributed by atoms with van der Waals surface area (Å²) >= 11 is 3.24. The largest absolute Gasteiger partial charge is 0.463 e. The molecule has 2 aliphatic heterocycles. The van der Waals surface area contributed by atoms with Crippen LogP contribution >= 0.6 is 15.9 Å². The molecule has 0 unspecified atom stereocenters. The molecular weight excluding hydrogens is 664 g/mol. The lowest BCUT2D eigenvalue weighted by molar-refractivity contribution is -0.383. The molecule has 0 aromatic heterocycles. The van der Waals surface area contributed by atoms with E-state index in [0.29, 0.717) is 0 Å². The molecule has 44 heavy (non-hydrogen) atoms. The molecule has 2 aliphatic rings. The van der Waals surface area contributed by atoms with Gasteiger partial charge >= 0.3 is 41.8 Å². The predicted octanol–water partition coefficient (Wildman–Crippen LogP) is 0.00260. The molecule has 0 amide bonds. The van der Waals surface area contributed by atoms with E-state index in [1.807, 2.05) is 0 Å². The Hall–Kier alpha value is -3.35. The summed E-state index contributed by atoms with van der Waals surface area (Å²) in [5.41, 5.74) is 0. The van der Waals surface area contributed by atoms with Gasteiger partial charge < -0.3 is 47.4 Å². The van der Waals surface area contributed by atoms with Crippen LogP contribution in [0.1, 0.15) is 48.5 Å². The second-order valence-corrected chi connectivity index (χ2v) is 10.3. The lowest BCUT2D eigenvalue weighted by atomic mass is 9.97. The number of ether oxygens (including phenoxy) is 10. The standard InChI is InChI=1S/C26H35BrO17/c1-11(28)35-9-19-20(37-13(3)30)22(39-15(5)32)23(40-16(6)33)25(42-19)44-26(10-36-12(2)29)24(41-17(7)34)21(38-14(4)31)18(8-27)43-26/h18-25H,8-10H2,1-7H3/t18-,19-,20-,21-,22+,23-,24+,25-,26+/m1/s1. The first-order valence-electron chi connectivity index (χ1n) is 13.2. The van der Waals surface area contributed by atoms with Crippen LogP contribution in [-0.4, -0.2) is 115 Å². The quantitative estimate of drug-likeness (QED) is 0.149. The van der Waals surface area contributed by atoms with Crippen molar-refractivity contribution in [2.45, 2.75) is 103 Å². The molecule has 0 spiro atoms. The number of hydrogen-bond acceptors (Lipinski definition) is 17. The van der Waals surface area contributed by atoms with Gasteiger partial charge in [0.05, 0.1) is 0 Å². The average Bonchev–Trinajstić information content (AvgIpc) is 3.15. The molecule has 2 saturated heterocycles. The van der Waals surface area contributed by atoms with Gasteiger partial charge in [-0.2, -0.15) is 0 Å². The Bertz CT molecular complexity index is 1110. The highest BCUT2D eigenvalue weighted by molar-refractivity contribution is 9.09. The molecule has 0 saturated carbocycles. The van der Waals surface area contributed by atoms with Crippen LogP contribution in [0, 0.1) is 0 Å². The van der Waals surface area contributed by atoms with E-state index in [-0.39, 0.29) is 5.33 Å². The third kappa shape index (κ3) is 10.1. The van der Waals surface area contributed by atoms with Gasteiger partial charge in [0.25, 0.3) is 0 Å². The third-order valence-electron chi connectivity index (χ3n) is 5.94. The molecule has 2 heterocycles. The molecule has 18 heteroatoms. The monoisotopic (exact) mass is 698 g/mol. The lowest BCUT2D eigenvalue weighted by Crippen LogP contribution is -2.65. The highest BCUT2D eigenvalue weighted by Crippen LogP contribution is 2.41. The zero-order chi connectivity index (χ0) is 33.4. The normalized spacial score (nSPS) is 31.2. The Morgan fingerprint density at radius 1 is 0.591 bits per heavy atom. The Morgan fingerprint density at radius 3 is 1.55 bits per heavy atom. The Kier molecular flexibility index (Phi) is 13.5. The molecule has 0 aromatic carbocycles. The molecule has 0 aromatic rings. The molecule has 248 valence electrons. The molecule has 0 bridgehead atoms. The topological polar surface area (TPSA) is 212 Å². The molecule has 2 rings (SSSR count). The summed E-state index contributed by atoms with van der Waals surface area (Å²) in [4.78, 5) is 84.2. The van der Waals surface area contributed by atoms with E-state index in [1.54, 1.807) is 0 Å². The van der Waals surface area contributed by atoms with E-state index in [0.717, 1.165) is 48.5 Å². The van der Waals surface area contributed by atoms with E-state index in [2.05, 4.69) is 15.9 Å². The van der Waals surface area contributed by atoms with Crippen LogP contribution in [-0.2, 0) is 80.9 Å². The van der Waals surface area contributed by atoms with Crippen LogP contribution in [0.3, 0.4) is 0 Å². The van der Waals surface area contributed by atoms with Crippen molar-refractivity contribution in [2.75, 3.05) is 18.5 Å². The summed E-state index contributed by atoms with van der Waals surface area (Å²) in [5.74, 6) is -8.18. The molecule has 17 nitrogen and oxygen atoms in total. The van der Waals surface area contributed by atoms with Crippen molar-refractivity contribution >= 4 is 57.7 Å². The SMILES string of the molecule is CC(=O)OC[C@H]1O[C@H](O[C@]2(COC(C)=O)O[C@H](CBr)[C@@H](OC(C)=O)[C@@H]2OC(C)=O)[C@H](OC(C)=O)[C@@H](OC(C)=O)[C@@H]1OC(C)=O. The van der Waals surface area contributed by atoms with Crippen LogP contribution in [0.5, 0.6) is 0 Å². The number of alkyl halides is 1. The maximum atomic E-state index is 12.2. The average molecular weight is 699 g/mol. The lowest BCUT2D eigenvalue weighted by Gasteiger charge is -2.46. The van der Waals surface area contributed by atoms with Gasteiger partial charge in [-0.05, 0) is 0 Å². The molecular formula is C26H35BrO17. The van der Waals surface area contributed by atoms with Gasteiger partial charge in [0.2, 0.25) is 12.1 Å². The highest BCUT2D eigenvalue weighted by Gasteiger charge is 2.64. The van der Waals surface area contributed by atoms with Gasteiger partial charge in [-0.1, -0.05) is 15.9 Å². The summed E-state index contributed by atoms with van der Waals surface area (Å²) in [5, 5.41) is -0.00747. The summed E-state index contributed by atoms with van der Waals surface area (Å²) in [7, 11) is 0. The van der Waals surface area contributed by atoms with Crippen LogP contribution in [0.25, 0.3) is 0 Å². The van der Waals surface area contributed by atoms with Gasteiger partial charge in [-0.25, -0.2) is 0 Å². The van der Waals surface area contributed by atoms with Crippen LogP contribution in [0.4, 0.5) is 0 Å². The first-order chi connectivity index (χ1) is 20.5. The molecule has 0 aliphatic carbocycles. The number of carbonyl (C=O) groups excluding carboxylic acids is 7. The number of halogens is 1. The second kappa shape index (κ2) is 16.1. The first kappa shape index (κ1) is 36.8. The van der Waals surface area contributed by atoms with Crippen molar-refractivity contribution in [1.82, 2.24) is 0 Å². The van der Waals surface area contributed by atoms with Crippen LogP contribution < -0.4 is 0 Å². The summed E-state index contributed by atoms with van der Waals surface area (Å²) < 4.78 is 55.5. The number of esters is 7. The highest BCUT2D eigenvalue weighted by atomic mass is 79.9. The van der Waals surface area contributed by atoms with Crippen LogP contribution in [0.2, 0.25) is 0 Å². The van der Waals surface area contributed by atoms with Gasteiger partial charge in [0.15, 0.2) is 30.5 Å². The summed E-state index contributed by atoms with van der Waals surface area (Å²) in [6, 6.07) is 0. The van der Waals surface area contributed by atoms with E-state index >= 15 is 0 Å². The predicted molar refractivity (Wildman–Crippen MR) is 142 cm³/mol.